The highest BCUT2D eigenvalue weighted by Crippen LogP contribution is 2.12. The molecule has 4 nitrogen and oxygen atoms in total. The third-order valence-electron chi connectivity index (χ3n) is 2.20. The van der Waals surface area contributed by atoms with Crippen LogP contribution in [0, 0.1) is 4.77 Å². The van der Waals surface area contributed by atoms with Gasteiger partial charge in [-0.15, -0.1) is 0 Å². The van der Waals surface area contributed by atoms with E-state index in [2.05, 4.69) is 15.3 Å². The largest absolute Gasteiger partial charge is 0.486 e. The fourth-order valence-electron chi connectivity index (χ4n) is 1.51. The molecule has 1 saturated heterocycles. The Kier molecular flexibility index (Phi) is 3.10. The van der Waals surface area contributed by atoms with Crippen molar-refractivity contribution in [1.82, 2.24) is 15.3 Å². The number of aromatic nitrogens is 2. The van der Waals surface area contributed by atoms with Gasteiger partial charge in [-0.25, -0.2) is 4.98 Å². The van der Waals surface area contributed by atoms with E-state index in [1.807, 2.05) is 0 Å². The second kappa shape index (κ2) is 4.52. The smallest absolute Gasteiger partial charge is 0.196 e. The molecule has 1 aromatic heterocycles. The van der Waals surface area contributed by atoms with Crippen molar-refractivity contribution in [3.05, 3.63) is 17.2 Å². The third-order valence-corrected chi connectivity index (χ3v) is 2.42. The number of nitrogens with one attached hydrogen (secondary N) is 2. The van der Waals surface area contributed by atoms with Gasteiger partial charge in [0.05, 0.1) is 6.20 Å². The van der Waals surface area contributed by atoms with Crippen LogP contribution in [-0.2, 0) is 0 Å². The summed E-state index contributed by atoms with van der Waals surface area (Å²) in [5.74, 6) is 0.757. The lowest BCUT2D eigenvalue weighted by Crippen LogP contribution is -2.37. The van der Waals surface area contributed by atoms with E-state index in [9.17, 15) is 0 Å². The highest BCUT2D eigenvalue weighted by molar-refractivity contribution is 7.71. The summed E-state index contributed by atoms with van der Waals surface area (Å²) in [6, 6.07) is 0. The first kappa shape index (κ1) is 9.61. The van der Waals surface area contributed by atoms with Gasteiger partial charge in [-0.1, -0.05) is 0 Å². The van der Waals surface area contributed by atoms with Crippen LogP contribution in [0.4, 0.5) is 0 Å². The van der Waals surface area contributed by atoms with Crippen LogP contribution >= 0.6 is 12.2 Å². The standard InChI is InChI=1S/C9H13N3OS/c14-9-11-5-8(6-12-9)13-7-2-1-3-10-4-7/h5-7,10H,1-4H2,(H,11,12,14). The molecular weight excluding hydrogens is 198 g/mol. The Morgan fingerprint density at radius 1 is 1.57 bits per heavy atom. The zero-order valence-corrected chi connectivity index (χ0v) is 8.64. The van der Waals surface area contributed by atoms with E-state index in [4.69, 9.17) is 17.0 Å². The van der Waals surface area contributed by atoms with Crippen molar-refractivity contribution in [1.29, 1.82) is 0 Å². The van der Waals surface area contributed by atoms with Gasteiger partial charge in [0.1, 0.15) is 6.10 Å². The monoisotopic (exact) mass is 211 g/mol. The average Bonchev–Trinajstić information content (AvgIpc) is 2.23. The van der Waals surface area contributed by atoms with Crippen LogP contribution in [0.15, 0.2) is 12.4 Å². The number of hydrogen-bond donors (Lipinski definition) is 2. The van der Waals surface area contributed by atoms with Gasteiger partial charge < -0.3 is 15.0 Å². The molecule has 0 saturated carbocycles. The molecule has 2 N–H and O–H groups in total. The van der Waals surface area contributed by atoms with E-state index in [1.165, 1.54) is 6.42 Å². The van der Waals surface area contributed by atoms with Gasteiger partial charge in [0.25, 0.3) is 0 Å². The van der Waals surface area contributed by atoms with Gasteiger partial charge in [0.2, 0.25) is 0 Å². The maximum absolute atomic E-state index is 5.71. The molecule has 0 bridgehead atoms. The molecule has 76 valence electrons. The van der Waals surface area contributed by atoms with Crippen molar-refractivity contribution >= 4 is 12.2 Å². The highest BCUT2D eigenvalue weighted by Gasteiger charge is 2.13. The van der Waals surface area contributed by atoms with Gasteiger partial charge >= 0.3 is 0 Å². The van der Waals surface area contributed by atoms with Crippen LogP contribution in [0.2, 0.25) is 0 Å². The molecule has 0 aromatic carbocycles. The normalized spacial score (nSPS) is 21.9. The van der Waals surface area contributed by atoms with Gasteiger partial charge in [0.15, 0.2) is 10.5 Å². The van der Waals surface area contributed by atoms with Gasteiger partial charge in [-0.05, 0) is 31.6 Å². The van der Waals surface area contributed by atoms with Gasteiger partial charge in [0, 0.05) is 12.7 Å². The Morgan fingerprint density at radius 2 is 2.50 bits per heavy atom. The van der Waals surface area contributed by atoms with Crippen molar-refractivity contribution in [2.45, 2.75) is 18.9 Å². The topological polar surface area (TPSA) is 49.9 Å². The maximum Gasteiger partial charge on any atom is 0.196 e. The van der Waals surface area contributed by atoms with Gasteiger partial charge in [-0.2, -0.15) is 0 Å². The molecule has 2 rings (SSSR count). The van der Waals surface area contributed by atoms with Crippen molar-refractivity contribution in [3.8, 4) is 5.75 Å². The Bertz CT molecular complexity index is 326. The van der Waals surface area contributed by atoms with E-state index in [1.54, 1.807) is 12.4 Å². The summed E-state index contributed by atoms with van der Waals surface area (Å²) in [7, 11) is 0. The predicted octanol–water partition coefficient (Wildman–Crippen LogP) is 1.27. The number of piperidine rings is 1. The first-order valence-corrected chi connectivity index (χ1v) is 5.17. The first-order chi connectivity index (χ1) is 6.84. The zero-order valence-electron chi connectivity index (χ0n) is 7.82. The third kappa shape index (κ3) is 2.52. The van der Waals surface area contributed by atoms with Crippen molar-refractivity contribution in [2.75, 3.05) is 13.1 Å². The van der Waals surface area contributed by atoms with Crippen LogP contribution in [0.3, 0.4) is 0 Å². The molecule has 0 spiro atoms. The SMILES string of the molecule is S=c1ncc(OC2CCCNC2)c[nH]1. The minimum absolute atomic E-state index is 0.259. The van der Waals surface area contributed by atoms with E-state index >= 15 is 0 Å². The molecule has 0 amide bonds. The van der Waals surface area contributed by atoms with E-state index in [0.29, 0.717) is 4.77 Å². The number of aromatic amines is 1. The second-order valence-corrected chi connectivity index (χ2v) is 3.73. The summed E-state index contributed by atoms with van der Waals surface area (Å²) >= 11 is 4.84. The number of rotatable bonds is 2. The molecule has 0 radical (unpaired) electrons. The molecule has 1 unspecified atom stereocenters. The summed E-state index contributed by atoms with van der Waals surface area (Å²) < 4.78 is 6.19. The van der Waals surface area contributed by atoms with Crippen LogP contribution in [-0.4, -0.2) is 29.2 Å². The maximum atomic E-state index is 5.71. The zero-order chi connectivity index (χ0) is 9.80. The lowest BCUT2D eigenvalue weighted by Gasteiger charge is -2.23. The average molecular weight is 211 g/mol. The van der Waals surface area contributed by atoms with Crippen molar-refractivity contribution in [2.24, 2.45) is 0 Å². The summed E-state index contributed by atoms with van der Waals surface area (Å²) in [4.78, 5) is 6.81. The van der Waals surface area contributed by atoms with Gasteiger partial charge in [-0.3, -0.25) is 0 Å². The molecule has 1 aromatic rings. The summed E-state index contributed by atoms with van der Waals surface area (Å²) in [6.45, 7) is 2.00. The molecule has 1 aliphatic rings. The van der Waals surface area contributed by atoms with Crippen LogP contribution in [0.25, 0.3) is 0 Å². The Morgan fingerprint density at radius 3 is 3.14 bits per heavy atom. The first-order valence-electron chi connectivity index (χ1n) is 4.77. The summed E-state index contributed by atoms with van der Waals surface area (Å²) in [5, 5.41) is 3.29. The lowest BCUT2D eigenvalue weighted by molar-refractivity contribution is 0.166. The predicted molar refractivity (Wildman–Crippen MR) is 55.9 cm³/mol. The Hall–Kier alpha value is -0.940. The van der Waals surface area contributed by atoms with E-state index in [-0.39, 0.29) is 6.10 Å². The fraction of sp³-hybridized carbons (Fsp3) is 0.556. The fourth-order valence-corrected chi connectivity index (χ4v) is 1.62. The van der Waals surface area contributed by atoms with E-state index in [0.717, 1.165) is 25.3 Å². The Balaban J connectivity index is 1.96. The number of nitrogens with zero attached hydrogens (tertiary/aromatic N) is 1. The van der Waals surface area contributed by atoms with Crippen molar-refractivity contribution < 1.29 is 4.74 Å². The van der Waals surface area contributed by atoms with Crippen molar-refractivity contribution in [3.63, 3.8) is 0 Å². The summed E-state index contributed by atoms with van der Waals surface area (Å²) in [5.41, 5.74) is 0. The molecule has 2 heterocycles. The van der Waals surface area contributed by atoms with Crippen LogP contribution in [0.5, 0.6) is 5.75 Å². The second-order valence-electron chi connectivity index (χ2n) is 3.34. The molecule has 14 heavy (non-hydrogen) atoms. The number of H-pyrrole nitrogens is 1. The molecule has 1 atom stereocenters. The minimum Gasteiger partial charge on any atom is -0.486 e. The lowest BCUT2D eigenvalue weighted by atomic mass is 10.1. The minimum atomic E-state index is 0.259. The van der Waals surface area contributed by atoms with E-state index < -0.39 is 0 Å². The molecule has 0 aliphatic carbocycles. The molecular formula is C9H13N3OS. The summed E-state index contributed by atoms with van der Waals surface area (Å²) in [6.07, 6.45) is 5.94. The quantitative estimate of drug-likeness (QED) is 0.723. The highest BCUT2D eigenvalue weighted by atomic mass is 32.1. The van der Waals surface area contributed by atoms with Crippen LogP contribution < -0.4 is 10.1 Å². The Labute approximate surface area is 87.7 Å². The van der Waals surface area contributed by atoms with Crippen LogP contribution in [0.1, 0.15) is 12.8 Å². The molecule has 1 fully saturated rings. The number of hydrogen-bond acceptors (Lipinski definition) is 4. The molecule has 5 heteroatoms. The number of ether oxygens (including phenoxy) is 1. The molecule has 1 aliphatic heterocycles.